The van der Waals surface area contributed by atoms with E-state index in [0.29, 0.717) is 0 Å². The summed E-state index contributed by atoms with van der Waals surface area (Å²) >= 11 is 18.7. The Balaban J connectivity index is 1.68. The van der Waals surface area contributed by atoms with Gasteiger partial charge in [-0.05, 0) is 23.6 Å². The second kappa shape index (κ2) is 11.8. The summed E-state index contributed by atoms with van der Waals surface area (Å²) in [6.07, 6.45) is -1.82. The summed E-state index contributed by atoms with van der Waals surface area (Å²) in [6.45, 7) is 1.65. The Hall–Kier alpha value is -2.38. The van der Waals surface area contributed by atoms with E-state index in [2.05, 4.69) is 41.7 Å². The first kappa shape index (κ1) is 26.7. The predicted octanol–water partition coefficient (Wildman–Crippen LogP) is 6.69. The fourth-order valence-electron chi connectivity index (χ4n) is 4.24. The summed E-state index contributed by atoms with van der Waals surface area (Å²) in [5.41, 5.74) is 1.90. The maximum absolute atomic E-state index is 12.7. The van der Waals surface area contributed by atoms with Crippen molar-refractivity contribution in [2.75, 3.05) is 0 Å². The van der Waals surface area contributed by atoms with Gasteiger partial charge in [-0.2, -0.15) is 0 Å². The minimum absolute atomic E-state index is 0.217. The van der Waals surface area contributed by atoms with Crippen LogP contribution in [0.25, 0.3) is 0 Å². The number of carbonyl (C=O) groups is 2. The Morgan fingerprint density at radius 3 is 1.67 bits per heavy atom. The van der Waals surface area contributed by atoms with E-state index in [1.54, 1.807) is 18.7 Å². The SMILES string of the molecule is CC(OC(=O)OC(Cl)C(Cl)Cl)[C@H]1C(=O)N[C@@H]1SC(c1ccccc1)(c1ccccc1)c1ccccc1. The number of thioether (sulfide) groups is 1. The molecule has 1 N–H and O–H groups in total. The maximum atomic E-state index is 12.7. The van der Waals surface area contributed by atoms with Crippen LogP contribution in [0.5, 0.6) is 0 Å². The number of rotatable bonds is 9. The minimum Gasteiger partial charge on any atom is -0.430 e. The first-order chi connectivity index (χ1) is 17.3. The Labute approximate surface area is 229 Å². The molecule has 2 unspecified atom stereocenters. The van der Waals surface area contributed by atoms with Gasteiger partial charge >= 0.3 is 6.16 Å². The van der Waals surface area contributed by atoms with Crippen LogP contribution in [-0.4, -0.2) is 33.9 Å². The van der Waals surface area contributed by atoms with Crippen LogP contribution in [0, 0.1) is 5.92 Å². The van der Waals surface area contributed by atoms with Crippen LogP contribution >= 0.6 is 46.6 Å². The largest absolute Gasteiger partial charge is 0.510 e. The van der Waals surface area contributed by atoms with E-state index in [9.17, 15) is 9.59 Å². The van der Waals surface area contributed by atoms with Crippen LogP contribution in [0.2, 0.25) is 0 Å². The molecule has 5 nitrogen and oxygen atoms in total. The van der Waals surface area contributed by atoms with E-state index < -0.39 is 33.3 Å². The zero-order chi connectivity index (χ0) is 25.7. The van der Waals surface area contributed by atoms with Gasteiger partial charge in [0.25, 0.3) is 0 Å². The lowest BCUT2D eigenvalue weighted by molar-refractivity contribution is -0.137. The lowest BCUT2D eigenvalue weighted by atomic mass is 9.84. The van der Waals surface area contributed by atoms with Crippen LogP contribution in [0.1, 0.15) is 23.6 Å². The van der Waals surface area contributed by atoms with Gasteiger partial charge in [0.2, 0.25) is 11.5 Å². The van der Waals surface area contributed by atoms with E-state index in [4.69, 9.17) is 44.3 Å². The zero-order valence-corrected chi connectivity index (χ0v) is 22.3. The summed E-state index contributed by atoms with van der Waals surface area (Å²) in [5, 5.41) is 2.63. The van der Waals surface area contributed by atoms with Gasteiger partial charge in [-0.15, -0.1) is 11.8 Å². The number of hydrogen-bond donors (Lipinski definition) is 1. The molecule has 0 bridgehead atoms. The standard InChI is InChI=1S/C27H24Cl3NO4S/c1-17(34-26(33)35-23(30)22(28)29)21-24(32)31-25(21)36-27(18-11-5-2-6-12-18,19-13-7-3-8-14-19)20-15-9-4-10-16-20/h2-17,21-23,25H,1H3,(H,31,32)/t17?,21-,23?,25+/m0/s1. The number of β-lactam (4-membered cyclic amide) rings is 1. The quantitative estimate of drug-likeness (QED) is 0.136. The Kier molecular flexibility index (Phi) is 8.73. The number of carbonyl (C=O) groups excluding carboxylic acids is 2. The monoisotopic (exact) mass is 563 g/mol. The van der Waals surface area contributed by atoms with E-state index >= 15 is 0 Å². The number of ether oxygens (including phenoxy) is 2. The number of benzene rings is 3. The van der Waals surface area contributed by atoms with Gasteiger partial charge in [-0.1, -0.05) is 126 Å². The molecule has 1 fully saturated rings. The van der Waals surface area contributed by atoms with Crippen molar-refractivity contribution in [3.8, 4) is 0 Å². The van der Waals surface area contributed by atoms with Crippen molar-refractivity contribution in [2.45, 2.75) is 33.5 Å². The van der Waals surface area contributed by atoms with E-state index in [1.165, 1.54) is 0 Å². The van der Waals surface area contributed by atoms with Gasteiger partial charge in [-0.3, -0.25) is 4.79 Å². The van der Waals surface area contributed by atoms with Crippen molar-refractivity contribution in [3.63, 3.8) is 0 Å². The lowest BCUT2D eigenvalue weighted by Gasteiger charge is -2.45. The molecule has 3 aromatic rings. The molecular formula is C27H24Cl3NO4S. The van der Waals surface area contributed by atoms with Crippen LogP contribution in [0.3, 0.4) is 0 Å². The fourth-order valence-corrected chi connectivity index (χ4v) is 6.28. The molecule has 0 saturated carbocycles. The molecule has 1 aliphatic heterocycles. The minimum atomic E-state index is -1.27. The van der Waals surface area contributed by atoms with Gasteiger partial charge in [0, 0.05) is 0 Å². The second-order valence-corrected chi connectivity index (χ2v) is 11.2. The third-order valence-electron chi connectivity index (χ3n) is 5.95. The highest BCUT2D eigenvalue weighted by molar-refractivity contribution is 8.01. The molecule has 3 aromatic carbocycles. The molecule has 0 aliphatic carbocycles. The Morgan fingerprint density at radius 1 is 0.833 bits per heavy atom. The molecule has 1 heterocycles. The molecule has 4 rings (SSSR count). The summed E-state index contributed by atoms with van der Waals surface area (Å²) in [5.74, 6) is -0.833. The first-order valence-electron chi connectivity index (χ1n) is 11.3. The van der Waals surface area contributed by atoms with E-state index in [0.717, 1.165) is 16.7 Å². The van der Waals surface area contributed by atoms with Crippen molar-refractivity contribution in [3.05, 3.63) is 108 Å². The molecule has 36 heavy (non-hydrogen) atoms. The van der Waals surface area contributed by atoms with Gasteiger partial charge in [-0.25, -0.2) is 4.79 Å². The number of amides is 1. The highest BCUT2D eigenvalue weighted by Gasteiger charge is 2.51. The normalized spacial score (nSPS) is 19.1. The molecule has 0 spiro atoms. The third-order valence-corrected chi connectivity index (χ3v) is 8.74. The van der Waals surface area contributed by atoms with Crippen molar-refractivity contribution in [1.29, 1.82) is 0 Å². The molecule has 4 atom stereocenters. The number of hydrogen-bond acceptors (Lipinski definition) is 5. The third kappa shape index (κ3) is 5.62. The summed E-state index contributed by atoms with van der Waals surface area (Å²) in [7, 11) is 0. The maximum Gasteiger partial charge on any atom is 0.510 e. The van der Waals surface area contributed by atoms with Crippen LogP contribution in [-0.2, 0) is 19.0 Å². The fraction of sp³-hybridized carbons (Fsp3) is 0.259. The van der Waals surface area contributed by atoms with Crippen LogP contribution in [0.4, 0.5) is 4.79 Å². The number of nitrogens with one attached hydrogen (secondary N) is 1. The summed E-state index contributed by atoms with van der Waals surface area (Å²) in [4.78, 5) is 23.7. The average Bonchev–Trinajstić information content (AvgIpc) is 2.87. The lowest BCUT2D eigenvalue weighted by Crippen LogP contribution is -2.62. The molecule has 9 heteroatoms. The first-order valence-corrected chi connectivity index (χ1v) is 13.5. The summed E-state index contributed by atoms with van der Waals surface area (Å²) < 4.78 is 9.61. The highest BCUT2D eigenvalue weighted by atomic mass is 35.5. The van der Waals surface area contributed by atoms with Crippen molar-refractivity contribution in [2.24, 2.45) is 5.92 Å². The molecule has 188 valence electrons. The van der Waals surface area contributed by atoms with Gasteiger partial charge in [0.1, 0.15) is 12.0 Å². The molecule has 0 radical (unpaired) electrons. The molecule has 0 aromatic heterocycles. The molecular weight excluding hydrogens is 541 g/mol. The second-order valence-electron chi connectivity index (χ2n) is 8.23. The van der Waals surface area contributed by atoms with Crippen LogP contribution in [0.15, 0.2) is 91.0 Å². The van der Waals surface area contributed by atoms with Gasteiger partial charge in [0.15, 0.2) is 4.84 Å². The van der Waals surface area contributed by atoms with E-state index in [-0.39, 0.29) is 11.3 Å². The van der Waals surface area contributed by atoms with Crippen molar-refractivity contribution < 1.29 is 19.1 Å². The van der Waals surface area contributed by atoms with Gasteiger partial charge < -0.3 is 14.8 Å². The smallest absolute Gasteiger partial charge is 0.430 e. The predicted molar refractivity (Wildman–Crippen MR) is 144 cm³/mol. The van der Waals surface area contributed by atoms with E-state index in [1.807, 2.05) is 54.6 Å². The van der Waals surface area contributed by atoms with Crippen LogP contribution < -0.4 is 5.32 Å². The van der Waals surface area contributed by atoms with Gasteiger partial charge in [0.05, 0.1) is 10.1 Å². The Bertz CT molecular complexity index is 1070. The number of alkyl halides is 3. The van der Waals surface area contributed by atoms with Crippen molar-refractivity contribution >= 4 is 58.6 Å². The average molecular weight is 565 g/mol. The summed E-state index contributed by atoms with van der Waals surface area (Å²) in [6, 6.07) is 30.4. The number of halogens is 3. The molecule has 1 saturated heterocycles. The molecule has 1 amide bonds. The van der Waals surface area contributed by atoms with Crippen molar-refractivity contribution in [1.82, 2.24) is 5.32 Å². The Morgan fingerprint density at radius 2 is 1.28 bits per heavy atom. The molecule has 1 aliphatic rings. The topological polar surface area (TPSA) is 64.6 Å². The zero-order valence-electron chi connectivity index (χ0n) is 19.2. The highest BCUT2D eigenvalue weighted by Crippen LogP contribution is 2.52.